The van der Waals surface area contributed by atoms with Gasteiger partial charge in [0.2, 0.25) is 5.91 Å². The van der Waals surface area contributed by atoms with Gasteiger partial charge in [-0.25, -0.2) is 0 Å². The van der Waals surface area contributed by atoms with Crippen molar-refractivity contribution in [3.63, 3.8) is 0 Å². The van der Waals surface area contributed by atoms with Crippen molar-refractivity contribution in [1.82, 2.24) is 4.90 Å². The molecule has 5 nitrogen and oxygen atoms in total. The lowest BCUT2D eigenvalue weighted by molar-refractivity contribution is -0.147. The van der Waals surface area contributed by atoms with E-state index in [0.29, 0.717) is 38.9 Å². The molecule has 1 aliphatic heterocycles. The number of carboxylic acids is 1. The van der Waals surface area contributed by atoms with E-state index in [0.717, 1.165) is 0 Å². The van der Waals surface area contributed by atoms with Crippen LogP contribution in [0.5, 0.6) is 0 Å². The van der Waals surface area contributed by atoms with Crippen LogP contribution in [0.4, 0.5) is 0 Å². The topological polar surface area (TPSA) is 83.6 Å². The summed E-state index contributed by atoms with van der Waals surface area (Å²) in [7, 11) is 0. The smallest absolute Gasteiger partial charge is 0.311 e. The zero-order chi connectivity index (χ0) is 11.5. The van der Waals surface area contributed by atoms with Crippen LogP contribution < -0.4 is 5.73 Å². The quantitative estimate of drug-likeness (QED) is 0.692. The maximum Gasteiger partial charge on any atom is 0.311 e. The number of nitrogens with two attached hydrogens (primary N) is 1. The first kappa shape index (κ1) is 12.0. The fourth-order valence-corrected chi connectivity index (χ4v) is 1.76. The van der Waals surface area contributed by atoms with Gasteiger partial charge in [-0.3, -0.25) is 9.59 Å². The molecule has 1 atom stereocenters. The summed E-state index contributed by atoms with van der Waals surface area (Å²) in [6.45, 7) is 3.05. The third-order valence-corrected chi connectivity index (χ3v) is 2.94. The fourth-order valence-electron chi connectivity index (χ4n) is 1.76. The van der Waals surface area contributed by atoms with Crippen molar-refractivity contribution in [2.24, 2.45) is 11.1 Å². The first-order valence-electron chi connectivity index (χ1n) is 5.21. The molecule has 86 valence electrons. The lowest BCUT2D eigenvalue weighted by atomic mass is 9.90. The van der Waals surface area contributed by atoms with E-state index in [2.05, 4.69) is 0 Å². The number of carbonyl (C=O) groups is 2. The van der Waals surface area contributed by atoms with Gasteiger partial charge in [-0.15, -0.1) is 0 Å². The summed E-state index contributed by atoms with van der Waals surface area (Å²) in [5.74, 6) is -0.804. The number of nitrogens with zero attached hydrogens (tertiary/aromatic N) is 1. The Balaban J connectivity index is 2.49. The van der Waals surface area contributed by atoms with Crippen molar-refractivity contribution in [2.75, 3.05) is 19.6 Å². The minimum atomic E-state index is -0.823. The summed E-state index contributed by atoms with van der Waals surface area (Å²) in [4.78, 5) is 24.2. The van der Waals surface area contributed by atoms with Crippen molar-refractivity contribution in [3.8, 4) is 0 Å². The Morgan fingerprint density at radius 1 is 1.53 bits per heavy atom. The van der Waals surface area contributed by atoms with Crippen LogP contribution in [0.15, 0.2) is 0 Å². The molecule has 0 aromatic heterocycles. The molecule has 0 radical (unpaired) electrons. The van der Waals surface area contributed by atoms with Crippen molar-refractivity contribution in [3.05, 3.63) is 0 Å². The summed E-state index contributed by atoms with van der Waals surface area (Å²) < 4.78 is 0. The summed E-state index contributed by atoms with van der Waals surface area (Å²) in [5.41, 5.74) is 4.55. The molecule has 1 fully saturated rings. The Morgan fingerprint density at radius 3 is 2.67 bits per heavy atom. The lowest BCUT2D eigenvalue weighted by Crippen LogP contribution is -2.34. The van der Waals surface area contributed by atoms with Gasteiger partial charge >= 0.3 is 5.97 Å². The maximum absolute atomic E-state index is 11.6. The molecule has 1 aliphatic rings. The summed E-state index contributed by atoms with van der Waals surface area (Å²) in [5, 5.41) is 8.99. The van der Waals surface area contributed by atoms with Crippen LogP contribution >= 0.6 is 0 Å². The SMILES string of the molecule is CC1(C(=O)O)CCN(C(=O)CCCN)C1. The van der Waals surface area contributed by atoms with Crippen LogP contribution in [-0.2, 0) is 9.59 Å². The van der Waals surface area contributed by atoms with Crippen LogP contribution in [0.25, 0.3) is 0 Å². The highest BCUT2D eigenvalue weighted by molar-refractivity contribution is 5.80. The Labute approximate surface area is 89.2 Å². The Bertz CT molecular complexity index is 267. The molecule has 0 spiro atoms. The molecular formula is C10H18N2O3. The van der Waals surface area contributed by atoms with E-state index in [4.69, 9.17) is 10.8 Å². The van der Waals surface area contributed by atoms with Crippen molar-refractivity contribution in [2.45, 2.75) is 26.2 Å². The number of hydrogen-bond donors (Lipinski definition) is 2. The maximum atomic E-state index is 11.6. The highest BCUT2D eigenvalue weighted by atomic mass is 16.4. The van der Waals surface area contributed by atoms with Crippen molar-refractivity contribution < 1.29 is 14.7 Å². The minimum absolute atomic E-state index is 0.0189. The highest BCUT2D eigenvalue weighted by Gasteiger charge is 2.41. The highest BCUT2D eigenvalue weighted by Crippen LogP contribution is 2.30. The van der Waals surface area contributed by atoms with Gasteiger partial charge < -0.3 is 15.7 Å². The number of hydrogen-bond acceptors (Lipinski definition) is 3. The Kier molecular flexibility index (Phi) is 3.68. The average Bonchev–Trinajstić information content (AvgIpc) is 2.59. The van der Waals surface area contributed by atoms with Gasteiger partial charge in [0, 0.05) is 19.5 Å². The van der Waals surface area contributed by atoms with Crippen LogP contribution in [0.3, 0.4) is 0 Å². The van der Waals surface area contributed by atoms with Gasteiger partial charge in [0.1, 0.15) is 0 Å². The number of aliphatic carboxylic acids is 1. The van der Waals surface area contributed by atoms with E-state index in [-0.39, 0.29) is 5.91 Å². The molecule has 1 unspecified atom stereocenters. The van der Waals surface area contributed by atoms with E-state index in [9.17, 15) is 9.59 Å². The van der Waals surface area contributed by atoms with E-state index in [1.165, 1.54) is 0 Å². The van der Waals surface area contributed by atoms with E-state index in [1.54, 1.807) is 11.8 Å². The standard InChI is InChI=1S/C10H18N2O3/c1-10(9(14)15)4-6-12(7-10)8(13)3-2-5-11/h2-7,11H2,1H3,(H,14,15). The second-order valence-electron chi connectivity index (χ2n) is 4.32. The molecule has 0 aliphatic carbocycles. The Hall–Kier alpha value is -1.10. The first-order valence-corrected chi connectivity index (χ1v) is 5.21. The predicted molar refractivity (Wildman–Crippen MR) is 55.2 cm³/mol. The molecule has 0 bridgehead atoms. The fraction of sp³-hybridized carbons (Fsp3) is 0.800. The third kappa shape index (κ3) is 2.68. The summed E-state index contributed by atoms with van der Waals surface area (Å²) >= 11 is 0. The van der Waals surface area contributed by atoms with Crippen molar-refractivity contribution in [1.29, 1.82) is 0 Å². The first-order chi connectivity index (χ1) is 6.99. The molecule has 1 rings (SSSR count). The molecule has 1 heterocycles. The number of amides is 1. The number of carboxylic acid groups (broad SMARTS) is 1. The zero-order valence-electron chi connectivity index (χ0n) is 9.03. The van der Waals surface area contributed by atoms with Gasteiger partial charge in [0.15, 0.2) is 0 Å². The largest absolute Gasteiger partial charge is 0.481 e. The summed E-state index contributed by atoms with van der Waals surface area (Å²) in [6.07, 6.45) is 1.63. The van der Waals surface area contributed by atoms with Crippen LogP contribution in [-0.4, -0.2) is 41.5 Å². The van der Waals surface area contributed by atoms with Gasteiger partial charge in [-0.2, -0.15) is 0 Å². The molecular weight excluding hydrogens is 196 g/mol. The van der Waals surface area contributed by atoms with Gasteiger partial charge in [0.05, 0.1) is 5.41 Å². The molecule has 5 heteroatoms. The lowest BCUT2D eigenvalue weighted by Gasteiger charge is -2.20. The average molecular weight is 214 g/mol. The van der Waals surface area contributed by atoms with Gasteiger partial charge in [0.25, 0.3) is 0 Å². The third-order valence-electron chi connectivity index (χ3n) is 2.94. The molecule has 0 aromatic carbocycles. The van der Waals surface area contributed by atoms with E-state index >= 15 is 0 Å². The second kappa shape index (κ2) is 4.61. The molecule has 0 saturated carbocycles. The second-order valence-corrected chi connectivity index (χ2v) is 4.32. The molecule has 1 saturated heterocycles. The van der Waals surface area contributed by atoms with E-state index < -0.39 is 11.4 Å². The molecule has 0 aromatic rings. The zero-order valence-corrected chi connectivity index (χ0v) is 9.03. The number of likely N-dealkylation sites (tertiary alicyclic amines) is 1. The summed E-state index contributed by atoms with van der Waals surface area (Å²) in [6, 6.07) is 0. The molecule has 3 N–H and O–H groups in total. The normalized spacial score (nSPS) is 25.6. The molecule has 15 heavy (non-hydrogen) atoms. The number of carbonyl (C=O) groups excluding carboxylic acids is 1. The monoisotopic (exact) mass is 214 g/mol. The molecule has 1 amide bonds. The minimum Gasteiger partial charge on any atom is -0.481 e. The van der Waals surface area contributed by atoms with Crippen LogP contribution in [0.1, 0.15) is 26.2 Å². The van der Waals surface area contributed by atoms with Crippen molar-refractivity contribution >= 4 is 11.9 Å². The van der Waals surface area contributed by atoms with Crippen LogP contribution in [0.2, 0.25) is 0 Å². The predicted octanol–water partition coefficient (Wildman–Crippen LogP) is 0.0485. The van der Waals surface area contributed by atoms with E-state index in [1.807, 2.05) is 0 Å². The van der Waals surface area contributed by atoms with Gasteiger partial charge in [-0.1, -0.05) is 0 Å². The number of rotatable bonds is 4. The van der Waals surface area contributed by atoms with Gasteiger partial charge in [-0.05, 0) is 26.3 Å². The Morgan fingerprint density at radius 2 is 2.20 bits per heavy atom. The van der Waals surface area contributed by atoms with Crippen LogP contribution in [0, 0.1) is 5.41 Å².